The Hall–Kier alpha value is -2.07. The molecule has 0 unspecified atom stereocenters. The van der Waals surface area contributed by atoms with Gasteiger partial charge >= 0.3 is 0 Å². The van der Waals surface area contributed by atoms with Crippen LogP contribution < -0.4 is 15.5 Å². The summed E-state index contributed by atoms with van der Waals surface area (Å²) in [7, 11) is 0. The average molecular weight is 342 g/mol. The second kappa shape index (κ2) is 8.69. The molecular weight excluding hydrogens is 314 g/mol. The maximum Gasteiger partial charge on any atom is 0.170 e. The molecule has 0 amide bonds. The Morgan fingerprint density at radius 3 is 2.54 bits per heavy atom. The van der Waals surface area contributed by atoms with Crippen LogP contribution in [0.3, 0.4) is 0 Å². The van der Waals surface area contributed by atoms with Crippen LogP contribution in [0.2, 0.25) is 0 Å². The molecule has 2 rings (SSSR count). The van der Waals surface area contributed by atoms with Crippen LogP contribution in [0, 0.1) is 20.8 Å². The normalized spacial score (nSPS) is 10.3. The first-order valence-corrected chi connectivity index (χ1v) is 8.84. The maximum atomic E-state index is 5.42. The van der Waals surface area contributed by atoms with Crippen LogP contribution in [0.1, 0.15) is 23.6 Å². The highest BCUT2D eigenvalue weighted by molar-refractivity contribution is 7.80. The lowest BCUT2D eigenvalue weighted by Crippen LogP contribution is -2.37. The van der Waals surface area contributed by atoms with Gasteiger partial charge in [-0.2, -0.15) is 0 Å². The van der Waals surface area contributed by atoms with Gasteiger partial charge in [-0.05, 0) is 74.8 Å². The lowest BCUT2D eigenvalue weighted by atomic mass is 10.1. The van der Waals surface area contributed by atoms with Gasteiger partial charge in [-0.25, -0.2) is 0 Å². The molecule has 0 spiro atoms. The first-order chi connectivity index (χ1) is 11.5. The zero-order valence-corrected chi connectivity index (χ0v) is 15.8. The monoisotopic (exact) mass is 341 g/mol. The molecule has 0 atom stereocenters. The van der Waals surface area contributed by atoms with E-state index < -0.39 is 0 Å². The lowest BCUT2D eigenvalue weighted by Gasteiger charge is -2.24. The summed E-state index contributed by atoms with van der Waals surface area (Å²) in [5.74, 6) is 0. The number of rotatable bonds is 6. The Morgan fingerprint density at radius 1 is 1.08 bits per heavy atom. The van der Waals surface area contributed by atoms with Gasteiger partial charge in [0.25, 0.3) is 0 Å². The zero-order valence-electron chi connectivity index (χ0n) is 15.0. The number of anilines is 2. The second-order valence-corrected chi connectivity index (χ2v) is 6.46. The van der Waals surface area contributed by atoms with Gasteiger partial charge in [0.15, 0.2) is 5.11 Å². The van der Waals surface area contributed by atoms with Gasteiger partial charge in [-0.15, -0.1) is 0 Å². The number of hydrogen-bond acceptors (Lipinski definition) is 2. The minimum Gasteiger partial charge on any atom is -0.370 e. The minimum atomic E-state index is 0.670. The predicted molar refractivity (Wildman–Crippen MR) is 109 cm³/mol. The molecule has 3 nitrogen and oxygen atoms in total. The molecule has 0 bridgehead atoms. The Balaban J connectivity index is 1.86. The van der Waals surface area contributed by atoms with Crippen LogP contribution in [-0.4, -0.2) is 24.7 Å². The topological polar surface area (TPSA) is 27.3 Å². The molecule has 0 aliphatic carbocycles. The Morgan fingerprint density at radius 2 is 1.83 bits per heavy atom. The molecule has 2 aromatic rings. The van der Waals surface area contributed by atoms with Gasteiger partial charge in [-0.1, -0.05) is 24.3 Å². The molecule has 2 N–H and O–H groups in total. The van der Waals surface area contributed by atoms with Crippen LogP contribution in [0.5, 0.6) is 0 Å². The van der Waals surface area contributed by atoms with Gasteiger partial charge in [0.2, 0.25) is 0 Å². The minimum absolute atomic E-state index is 0.670. The number of nitrogens with one attached hydrogen (secondary N) is 2. The van der Waals surface area contributed by atoms with E-state index in [9.17, 15) is 0 Å². The highest BCUT2D eigenvalue weighted by atomic mass is 32.1. The standard InChI is InChI=1S/C20H27N3S/c1-5-23(18-10-6-8-15(2)14-18)13-12-21-20(24)22-19-11-7-9-16(3)17(19)4/h6-11,14H,5,12-13H2,1-4H3,(H2,21,22,24). The summed E-state index contributed by atoms with van der Waals surface area (Å²) in [6.45, 7) is 11.2. The van der Waals surface area contributed by atoms with Crippen molar-refractivity contribution >= 4 is 28.7 Å². The van der Waals surface area contributed by atoms with Gasteiger partial charge in [0.05, 0.1) is 0 Å². The second-order valence-electron chi connectivity index (χ2n) is 6.05. The van der Waals surface area contributed by atoms with Crippen LogP contribution in [0.25, 0.3) is 0 Å². The van der Waals surface area contributed by atoms with E-state index in [0.29, 0.717) is 5.11 Å². The molecule has 2 aromatic carbocycles. The number of likely N-dealkylation sites (N-methyl/N-ethyl adjacent to an activating group) is 1. The van der Waals surface area contributed by atoms with Crippen LogP contribution in [-0.2, 0) is 0 Å². The maximum absolute atomic E-state index is 5.42. The van der Waals surface area contributed by atoms with E-state index in [-0.39, 0.29) is 0 Å². The highest BCUT2D eigenvalue weighted by Gasteiger charge is 2.06. The van der Waals surface area contributed by atoms with Crippen molar-refractivity contribution in [2.45, 2.75) is 27.7 Å². The van der Waals surface area contributed by atoms with Crippen molar-refractivity contribution in [1.29, 1.82) is 0 Å². The van der Waals surface area contributed by atoms with Crippen LogP contribution in [0.4, 0.5) is 11.4 Å². The summed E-state index contributed by atoms with van der Waals surface area (Å²) in [6.07, 6.45) is 0. The smallest absolute Gasteiger partial charge is 0.170 e. The fourth-order valence-corrected chi connectivity index (χ4v) is 2.86. The third-order valence-corrected chi connectivity index (χ3v) is 4.52. The molecule has 4 heteroatoms. The number of nitrogens with zero attached hydrogens (tertiary/aromatic N) is 1. The highest BCUT2D eigenvalue weighted by Crippen LogP contribution is 2.18. The Bertz CT molecular complexity index is 697. The molecular formula is C20H27N3S. The average Bonchev–Trinajstić information content (AvgIpc) is 2.56. The van der Waals surface area contributed by atoms with Crippen LogP contribution >= 0.6 is 12.2 Å². The summed E-state index contributed by atoms with van der Waals surface area (Å²) in [4.78, 5) is 2.35. The van der Waals surface area contributed by atoms with Gasteiger partial charge in [0, 0.05) is 31.0 Å². The first-order valence-electron chi connectivity index (χ1n) is 8.44. The molecule has 24 heavy (non-hydrogen) atoms. The third-order valence-electron chi connectivity index (χ3n) is 4.27. The number of aryl methyl sites for hydroxylation is 2. The molecule has 0 saturated heterocycles. The van der Waals surface area contributed by atoms with E-state index in [0.717, 1.165) is 25.3 Å². The molecule has 0 fully saturated rings. The molecule has 0 aromatic heterocycles. The van der Waals surface area contributed by atoms with E-state index in [4.69, 9.17) is 12.2 Å². The summed E-state index contributed by atoms with van der Waals surface area (Å²) >= 11 is 5.42. The fraction of sp³-hybridized carbons (Fsp3) is 0.350. The van der Waals surface area contributed by atoms with E-state index in [1.54, 1.807) is 0 Å². The summed E-state index contributed by atoms with van der Waals surface area (Å²) in [6, 6.07) is 14.8. The number of thiocarbonyl (C=S) groups is 1. The first kappa shape index (κ1) is 18.3. The van der Waals surface area contributed by atoms with Crippen molar-refractivity contribution in [2.24, 2.45) is 0 Å². The fourth-order valence-electron chi connectivity index (χ4n) is 2.65. The molecule has 0 saturated carbocycles. The molecule has 128 valence electrons. The Kier molecular flexibility index (Phi) is 6.62. The van der Waals surface area contributed by atoms with Crippen molar-refractivity contribution in [1.82, 2.24) is 5.32 Å². The predicted octanol–water partition coefficient (Wildman–Crippen LogP) is 4.42. The van der Waals surface area contributed by atoms with Gasteiger partial charge in [0.1, 0.15) is 0 Å². The van der Waals surface area contributed by atoms with E-state index in [2.05, 4.69) is 79.6 Å². The summed E-state index contributed by atoms with van der Waals surface area (Å²) in [5.41, 5.74) is 6.10. The SMILES string of the molecule is CCN(CCNC(=S)Nc1cccc(C)c1C)c1cccc(C)c1. The molecule has 0 aliphatic heterocycles. The quantitative estimate of drug-likeness (QED) is 0.760. The van der Waals surface area contributed by atoms with E-state index in [1.165, 1.54) is 22.4 Å². The van der Waals surface area contributed by atoms with Crippen molar-refractivity contribution in [3.8, 4) is 0 Å². The van der Waals surface area contributed by atoms with Gasteiger partial charge < -0.3 is 15.5 Å². The molecule has 0 radical (unpaired) electrons. The zero-order chi connectivity index (χ0) is 17.5. The van der Waals surface area contributed by atoms with Crippen molar-refractivity contribution in [2.75, 3.05) is 29.9 Å². The van der Waals surface area contributed by atoms with Crippen LogP contribution in [0.15, 0.2) is 42.5 Å². The largest absolute Gasteiger partial charge is 0.370 e. The number of benzene rings is 2. The van der Waals surface area contributed by atoms with Gasteiger partial charge in [-0.3, -0.25) is 0 Å². The lowest BCUT2D eigenvalue weighted by molar-refractivity contribution is 0.779. The molecule has 0 heterocycles. The summed E-state index contributed by atoms with van der Waals surface area (Å²) < 4.78 is 0. The third kappa shape index (κ3) is 4.96. The van der Waals surface area contributed by atoms with E-state index >= 15 is 0 Å². The van der Waals surface area contributed by atoms with Crippen molar-refractivity contribution < 1.29 is 0 Å². The number of hydrogen-bond donors (Lipinski definition) is 2. The summed E-state index contributed by atoms with van der Waals surface area (Å²) in [5, 5.41) is 7.27. The Labute approximate surface area is 151 Å². The molecule has 0 aliphatic rings. The van der Waals surface area contributed by atoms with Crippen molar-refractivity contribution in [3.05, 3.63) is 59.2 Å². The van der Waals surface area contributed by atoms with E-state index in [1.807, 2.05) is 6.07 Å². The van der Waals surface area contributed by atoms with Crippen molar-refractivity contribution in [3.63, 3.8) is 0 Å².